The molecule has 2 aromatic heterocycles. The van der Waals surface area contributed by atoms with Crippen LogP contribution in [-0.2, 0) is 17.9 Å². The maximum Gasteiger partial charge on any atom is 0.322 e. The Bertz CT molecular complexity index is 1500. The topological polar surface area (TPSA) is 99.9 Å². The molecule has 0 bridgehead atoms. The SMILES string of the molecule is O=C1N=NC(c2ccc(NC(=O)N3Cc4ccncc4C3)cc2)=CC1c1ccc2cccnc2c1. The fourth-order valence-electron chi connectivity index (χ4n) is 4.39. The van der Waals surface area contributed by atoms with Crippen molar-refractivity contribution in [2.75, 3.05) is 5.32 Å². The van der Waals surface area contributed by atoms with Gasteiger partial charge in [0.1, 0.15) is 0 Å². The third kappa shape index (κ3) is 4.06. The second-order valence-corrected chi connectivity index (χ2v) is 8.53. The predicted octanol–water partition coefficient (Wildman–Crippen LogP) is 5.29. The van der Waals surface area contributed by atoms with Crippen molar-refractivity contribution in [2.24, 2.45) is 10.2 Å². The van der Waals surface area contributed by atoms with Crippen molar-refractivity contribution in [3.05, 3.63) is 108 Å². The third-order valence-corrected chi connectivity index (χ3v) is 6.28. The largest absolute Gasteiger partial charge is 0.322 e. The second-order valence-electron chi connectivity index (χ2n) is 8.53. The van der Waals surface area contributed by atoms with Gasteiger partial charge in [-0.15, -0.1) is 10.2 Å². The molecule has 35 heavy (non-hydrogen) atoms. The number of anilines is 1. The Morgan fingerprint density at radius 1 is 0.943 bits per heavy atom. The third-order valence-electron chi connectivity index (χ3n) is 6.28. The number of azo groups is 1. The van der Waals surface area contributed by atoms with Gasteiger partial charge in [-0.3, -0.25) is 14.8 Å². The summed E-state index contributed by atoms with van der Waals surface area (Å²) in [4.78, 5) is 35.5. The fraction of sp³-hybridized carbons (Fsp3) is 0.111. The number of carbonyl (C=O) groups is 2. The standard InChI is InChI=1S/C27H20N6O2/c34-26-23(19-4-3-17-2-1-10-29-24(17)12-19)13-25(31-32-26)18-5-7-22(8-6-18)30-27(35)33-15-20-9-11-28-14-21(20)16-33/h1-14,23H,15-16H2,(H,30,35). The number of fused-ring (bicyclic) bond motifs is 2. The van der Waals surface area contributed by atoms with Crippen molar-refractivity contribution >= 4 is 34.2 Å². The van der Waals surface area contributed by atoms with Crippen LogP contribution < -0.4 is 5.32 Å². The highest BCUT2D eigenvalue weighted by molar-refractivity contribution is 5.93. The van der Waals surface area contributed by atoms with Gasteiger partial charge in [-0.05, 0) is 53.1 Å². The summed E-state index contributed by atoms with van der Waals surface area (Å²) >= 11 is 0. The van der Waals surface area contributed by atoms with E-state index in [1.54, 1.807) is 23.5 Å². The van der Waals surface area contributed by atoms with Crippen LogP contribution >= 0.6 is 0 Å². The van der Waals surface area contributed by atoms with Gasteiger partial charge < -0.3 is 10.2 Å². The number of rotatable bonds is 3. The molecule has 1 N–H and O–H groups in total. The molecule has 1 unspecified atom stereocenters. The molecule has 0 fully saturated rings. The first-order chi connectivity index (χ1) is 17.1. The van der Waals surface area contributed by atoms with E-state index in [-0.39, 0.29) is 11.9 Å². The first-order valence-electron chi connectivity index (χ1n) is 11.2. The van der Waals surface area contributed by atoms with E-state index >= 15 is 0 Å². The zero-order valence-electron chi connectivity index (χ0n) is 18.6. The highest BCUT2D eigenvalue weighted by Crippen LogP contribution is 2.31. The minimum absolute atomic E-state index is 0.166. The number of nitrogens with one attached hydrogen (secondary N) is 1. The van der Waals surface area contributed by atoms with E-state index in [1.165, 1.54) is 0 Å². The van der Waals surface area contributed by atoms with Crippen molar-refractivity contribution in [1.29, 1.82) is 0 Å². The molecule has 0 spiro atoms. The van der Waals surface area contributed by atoms with Gasteiger partial charge in [-0.1, -0.05) is 30.3 Å². The first-order valence-corrected chi connectivity index (χ1v) is 11.2. The van der Waals surface area contributed by atoms with Crippen LogP contribution in [0.1, 0.15) is 28.2 Å². The van der Waals surface area contributed by atoms with Gasteiger partial charge >= 0.3 is 6.03 Å². The maximum atomic E-state index is 12.7. The lowest BCUT2D eigenvalue weighted by atomic mass is 9.94. The highest BCUT2D eigenvalue weighted by Gasteiger charge is 2.25. The van der Waals surface area contributed by atoms with E-state index in [0.29, 0.717) is 24.5 Å². The van der Waals surface area contributed by atoms with Crippen LogP contribution in [0.5, 0.6) is 0 Å². The molecule has 4 aromatic rings. The second kappa shape index (κ2) is 8.57. The molecule has 0 aliphatic carbocycles. The average Bonchev–Trinajstić information content (AvgIpc) is 3.34. The molecule has 1 atom stereocenters. The van der Waals surface area contributed by atoms with Crippen molar-refractivity contribution in [3.63, 3.8) is 0 Å². The van der Waals surface area contributed by atoms with Gasteiger partial charge in [0.15, 0.2) is 0 Å². The number of urea groups is 1. The minimum atomic E-state index is -0.528. The molecule has 3 amide bonds. The summed E-state index contributed by atoms with van der Waals surface area (Å²) in [5.41, 5.74) is 5.93. The minimum Gasteiger partial charge on any atom is -0.316 e. The number of aromatic nitrogens is 2. The molecule has 0 saturated heterocycles. The van der Waals surface area contributed by atoms with Crippen molar-refractivity contribution in [3.8, 4) is 0 Å². The van der Waals surface area contributed by atoms with Gasteiger partial charge in [-0.25, -0.2) is 4.79 Å². The average molecular weight is 460 g/mol. The summed E-state index contributed by atoms with van der Waals surface area (Å²) < 4.78 is 0. The van der Waals surface area contributed by atoms with E-state index < -0.39 is 5.92 Å². The molecule has 2 aromatic carbocycles. The van der Waals surface area contributed by atoms with E-state index in [4.69, 9.17) is 0 Å². The van der Waals surface area contributed by atoms with Crippen molar-refractivity contribution < 1.29 is 9.59 Å². The Hall–Kier alpha value is -4.72. The normalized spacial score (nSPS) is 16.8. The molecule has 0 saturated carbocycles. The molecular weight excluding hydrogens is 440 g/mol. The predicted molar refractivity (Wildman–Crippen MR) is 131 cm³/mol. The zero-order valence-corrected chi connectivity index (χ0v) is 18.6. The van der Waals surface area contributed by atoms with Crippen LogP contribution in [0.15, 0.2) is 95.6 Å². The lowest BCUT2D eigenvalue weighted by molar-refractivity contribution is -0.118. The molecule has 170 valence electrons. The monoisotopic (exact) mass is 460 g/mol. The number of hydrogen-bond donors (Lipinski definition) is 1. The molecule has 4 heterocycles. The smallest absolute Gasteiger partial charge is 0.316 e. The fourth-order valence-corrected chi connectivity index (χ4v) is 4.39. The molecule has 8 heteroatoms. The lowest BCUT2D eigenvalue weighted by Crippen LogP contribution is -2.30. The number of amides is 3. The molecule has 2 aliphatic rings. The summed E-state index contributed by atoms with van der Waals surface area (Å²) in [6.07, 6.45) is 7.10. The van der Waals surface area contributed by atoms with Crippen molar-refractivity contribution in [1.82, 2.24) is 14.9 Å². The summed E-state index contributed by atoms with van der Waals surface area (Å²) in [6, 6.07) is 18.8. The Kier molecular flexibility index (Phi) is 5.11. The van der Waals surface area contributed by atoms with E-state index in [1.807, 2.05) is 66.7 Å². The Balaban J connectivity index is 1.18. The molecule has 8 nitrogen and oxygen atoms in total. The Morgan fingerprint density at radius 2 is 1.80 bits per heavy atom. The number of benzene rings is 2. The van der Waals surface area contributed by atoms with Crippen LogP contribution in [0.3, 0.4) is 0 Å². The van der Waals surface area contributed by atoms with Gasteiger partial charge in [0, 0.05) is 48.3 Å². The van der Waals surface area contributed by atoms with Crippen LogP contribution in [0.25, 0.3) is 16.6 Å². The lowest BCUT2D eigenvalue weighted by Gasteiger charge is -2.17. The van der Waals surface area contributed by atoms with Gasteiger partial charge in [0.25, 0.3) is 5.91 Å². The van der Waals surface area contributed by atoms with Gasteiger partial charge in [-0.2, -0.15) is 0 Å². The summed E-state index contributed by atoms with van der Waals surface area (Å²) in [6.45, 7) is 1.11. The quantitative estimate of drug-likeness (QED) is 0.449. The van der Waals surface area contributed by atoms with E-state index in [0.717, 1.165) is 33.2 Å². The number of carbonyl (C=O) groups excluding carboxylic acids is 2. The van der Waals surface area contributed by atoms with Gasteiger partial charge in [0.05, 0.1) is 17.1 Å². The molecular formula is C27H20N6O2. The van der Waals surface area contributed by atoms with Gasteiger partial charge in [0.2, 0.25) is 0 Å². The van der Waals surface area contributed by atoms with Crippen LogP contribution in [0, 0.1) is 0 Å². The Morgan fingerprint density at radius 3 is 2.66 bits per heavy atom. The summed E-state index contributed by atoms with van der Waals surface area (Å²) in [5.74, 6) is -0.839. The number of hydrogen-bond acceptors (Lipinski definition) is 5. The van der Waals surface area contributed by atoms with Crippen molar-refractivity contribution in [2.45, 2.75) is 19.0 Å². The number of nitrogens with zero attached hydrogens (tertiary/aromatic N) is 5. The van der Waals surface area contributed by atoms with E-state index in [2.05, 4.69) is 25.5 Å². The molecule has 6 rings (SSSR count). The zero-order chi connectivity index (χ0) is 23.8. The Labute approximate surface area is 201 Å². The molecule has 2 aliphatic heterocycles. The highest BCUT2D eigenvalue weighted by atomic mass is 16.2. The van der Waals surface area contributed by atoms with Crippen LogP contribution in [0.4, 0.5) is 10.5 Å². The number of pyridine rings is 2. The molecule has 0 radical (unpaired) electrons. The summed E-state index contributed by atoms with van der Waals surface area (Å²) in [5, 5.41) is 12.0. The van der Waals surface area contributed by atoms with Crippen LogP contribution in [0.2, 0.25) is 0 Å². The van der Waals surface area contributed by atoms with E-state index in [9.17, 15) is 9.59 Å². The van der Waals surface area contributed by atoms with Crippen LogP contribution in [-0.4, -0.2) is 26.8 Å². The first kappa shape index (κ1) is 20.9. The maximum absolute atomic E-state index is 12.7. The summed E-state index contributed by atoms with van der Waals surface area (Å²) in [7, 11) is 0.